The smallest absolute Gasteiger partial charge is 0.254 e. The van der Waals surface area contributed by atoms with Gasteiger partial charge in [-0.25, -0.2) is 0 Å². The molecule has 0 spiro atoms. The second-order valence-electron chi connectivity index (χ2n) is 3.47. The number of aromatic hydroxyl groups is 1. The van der Waals surface area contributed by atoms with Gasteiger partial charge in [-0.05, 0) is 6.07 Å². The van der Waals surface area contributed by atoms with Gasteiger partial charge in [-0.1, -0.05) is 0 Å². The van der Waals surface area contributed by atoms with Crippen LogP contribution in [0.5, 0.6) is 17.4 Å². The number of carbonyl (C=O) groups is 1. The SMILES string of the molecule is COc1cc2[nH]c(O)c(C(N)=O)c2cc1OC. The van der Waals surface area contributed by atoms with Crippen LogP contribution in [0.4, 0.5) is 0 Å². The second-order valence-corrected chi connectivity index (χ2v) is 3.47. The zero-order chi connectivity index (χ0) is 12.6. The number of primary amides is 1. The van der Waals surface area contributed by atoms with E-state index in [4.69, 9.17) is 15.2 Å². The number of aromatic nitrogens is 1. The summed E-state index contributed by atoms with van der Waals surface area (Å²) in [5.41, 5.74) is 5.79. The van der Waals surface area contributed by atoms with Crippen molar-refractivity contribution in [2.45, 2.75) is 0 Å². The molecule has 0 fully saturated rings. The van der Waals surface area contributed by atoms with E-state index in [0.29, 0.717) is 22.4 Å². The summed E-state index contributed by atoms with van der Waals surface area (Å²) in [5.74, 6) is -0.0115. The van der Waals surface area contributed by atoms with Crippen molar-refractivity contribution in [3.8, 4) is 17.4 Å². The molecule has 90 valence electrons. The third-order valence-corrected chi connectivity index (χ3v) is 2.53. The van der Waals surface area contributed by atoms with Crippen LogP contribution in [-0.4, -0.2) is 30.2 Å². The molecule has 0 saturated heterocycles. The summed E-state index contributed by atoms with van der Waals surface area (Å²) in [6.45, 7) is 0. The first kappa shape index (κ1) is 11.1. The Kier molecular flexibility index (Phi) is 2.55. The number of ether oxygens (including phenoxy) is 2. The Hall–Kier alpha value is -2.37. The van der Waals surface area contributed by atoms with E-state index in [1.165, 1.54) is 14.2 Å². The quantitative estimate of drug-likeness (QED) is 0.740. The highest BCUT2D eigenvalue weighted by molar-refractivity contribution is 6.09. The van der Waals surface area contributed by atoms with E-state index in [1.807, 2.05) is 0 Å². The molecule has 0 saturated carbocycles. The molecule has 2 aromatic rings. The highest BCUT2D eigenvalue weighted by Crippen LogP contribution is 2.36. The van der Waals surface area contributed by atoms with Gasteiger partial charge in [0.15, 0.2) is 11.5 Å². The Labute approximate surface area is 96.9 Å². The highest BCUT2D eigenvalue weighted by atomic mass is 16.5. The van der Waals surface area contributed by atoms with Crippen molar-refractivity contribution in [2.75, 3.05) is 14.2 Å². The van der Waals surface area contributed by atoms with E-state index >= 15 is 0 Å². The van der Waals surface area contributed by atoms with Gasteiger partial charge in [0.2, 0.25) is 5.88 Å². The van der Waals surface area contributed by atoms with Crippen molar-refractivity contribution in [1.29, 1.82) is 0 Å². The van der Waals surface area contributed by atoms with Crippen molar-refractivity contribution >= 4 is 16.8 Å². The van der Waals surface area contributed by atoms with Gasteiger partial charge in [0.25, 0.3) is 5.91 Å². The average Bonchev–Trinajstić information content (AvgIpc) is 2.61. The summed E-state index contributed by atoms with van der Waals surface area (Å²) >= 11 is 0. The summed E-state index contributed by atoms with van der Waals surface area (Å²) in [6, 6.07) is 3.21. The summed E-state index contributed by atoms with van der Waals surface area (Å²) in [6.07, 6.45) is 0. The lowest BCUT2D eigenvalue weighted by atomic mass is 10.1. The lowest BCUT2D eigenvalue weighted by molar-refractivity contribution is 0.0999. The fourth-order valence-corrected chi connectivity index (χ4v) is 1.76. The molecular weight excluding hydrogens is 224 g/mol. The van der Waals surface area contributed by atoms with E-state index in [1.54, 1.807) is 12.1 Å². The van der Waals surface area contributed by atoms with Crippen molar-refractivity contribution in [2.24, 2.45) is 5.73 Å². The molecule has 1 aromatic carbocycles. The maximum atomic E-state index is 11.2. The van der Waals surface area contributed by atoms with Crippen LogP contribution in [0, 0.1) is 0 Å². The Balaban J connectivity index is 2.79. The topological polar surface area (TPSA) is 97.6 Å². The number of aromatic amines is 1. The standard InChI is InChI=1S/C11H12N2O4/c1-16-7-3-5-6(4-8(7)17-2)13-11(15)9(5)10(12)14/h3-4,13,15H,1-2H3,(H2,12,14). The third kappa shape index (κ3) is 1.63. The Morgan fingerprint density at radius 3 is 2.41 bits per heavy atom. The predicted octanol–water partition coefficient (Wildman–Crippen LogP) is 0.990. The van der Waals surface area contributed by atoms with Gasteiger partial charge in [0.1, 0.15) is 5.56 Å². The van der Waals surface area contributed by atoms with Gasteiger partial charge < -0.3 is 25.3 Å². The zero-order valence-corrected chi connectivity index (χ0v) is 9.40. The first-order valence-electron chi connectivity index (χ1n) is 4.85. The molecule has 0 atom stereocenters. The lowest BCUT2D eigenvalue weighted by Crippen LogP contribution is -2.10. The number of nitrogens with two attached hydrogens (primary N) is 1. The summed E-state index contributed by atoms with van der Waals surface area (Å²) in [5, 5.41) is 10.1. The molecule has 0 aliphatic rings. The number of benzene rings is 1. The number of methoxy groups -OCH3 is 2. The van der Waals surface area contributed by atoms with Crippen LogP contribution in [0.25, 0.3) is 10.9 Å². The van der Waals surface area contributed by atoms with E-state index < -0.39 is 5.91 Å². The number of hydrogen-bond acceptors (Lipinski definition) is 4. The molecule has 0 radical (unpaired) electrons. The molecular formula is C11H12N2O4. The summed E-state index contributed by atoms with van der Waals surface area (Å²) < 4.78 is 10.2. The maximum absolute atomic E-state index is 11.2. The molecule has 1 amide bonds. The fraction of sp³-hybridized carbons (Fsp3) is 0.182. The van der Waals surface area contributed by atoms with Gasteiger partial charge in [0.05, 0.1) is 19.7 Å². The van der Waals surface area contributed by atoms with Gasteiger partial charge in [-0.2, -0.15) is 0 Å². The minimum atomic E-state index is -0.707. The van der Waals surface area contributed by atoms with Gasteiger partial charge in [0, 0.05) is 11.5 Å². The fourth-order valence-electron chi connectivity index (χ4n) is 1.76. The van der Waals surface area contributed by atoms with Gasteiger partial charge in [-0.15, -0.1) is 0 Å². The Bertz CT molecular complexity index is 589. The number of carbonyl (C=O) groups excluding carboxylic acids is 1. The van der Waals surface area contributed by atoms with Crippen molar-refractivity contribution in [1.82, 2.24) is 4.98 Å². The average molecular weight is 236 g/mol. The van der Waals surface area contributed by atoms with Gasteiger partial charge in [-0.3, -0.25) is 4.79 Å². The van der Waals surface area contributed by atoms with Crippen molar-refractivity contribution < 1.29 is 19.4 Å². The molecule has 0 aliphatic heterocycles. The van der Waals surface area contributed by atoms with Crippen molar-refractivity contribution in [3.05, 3.63) is 17.7 Å². The van der Waals surface area contributed by atoms with Crippen molar-refractivity contribution in [3.63, 3.8) is 0 Å². The van der Waals surface area contributed by atoms with E-state index in [2.05, 4.69) is 4.98 Å². The molecule has 4 N–H and O–H groups in total. The molecule has 0 aliphatic carbocycles. The molecule has 6 nitrogen and oxygen atoms in total. The van der Waals surface area contributed by atoms with Crippen LogP contribution in [0.15, 0.2) is 12.1 Å². The number of hydrogen-bond donors (Lipinski definition) is 3. The zero-order valence-electron chi connectivity index (χ0n) is 9.40. The Morgan fingerprint density at radius 2 is 1.88 bits per heavy atom. The maximum Gasteiger partial charge on any atom is 0.254 e. The van der Waals surface area contributed by atoms with Crippen LogP contribution < -0.4 is 15.2 Å². The van der Waals surface area contributed by atoms with Crippen LogP contribution in [0.2, 0.25) is 0 Å². The number of amides is 1. The third-order valence-electron chi connectivity index (χ3n) is 2.53. The van der Waals surface area contributed by atoms with Crippen LogP contribution in [0.3, 0.4) is 0 Å². The van der Waals surface area contributed by atoms with Crippen LogP contribution >= 0.6 is 0 Å². The van der Waals surface area contributed by atoms with E-state index in [0.717, 1.165) is 0 Å². The summed E-state index contributed by atoms with van der Waals surface area (Å²) in [7, 11) is 2.99. The molecule has 6 heteroatoms. The number of nitrogens with one attached hydrogen (secondary N) is 1. The van der Waals surface area contributed by atoms with E-state index in [9.17, 15) is 9.90 Å². The molecule has 0 unspecified atom stereocenters. The minimum Gasteiger partial charge on any atom is -0.494 e. The van der Waals surface area contributed by atoms with E-state index in [-0.39, 0.29) is 11.4 Å². The number of rotatable bonds is 3. The lowest BCUT2D eigenvalue weighted by Gasteiger charge is -2.07. The molecule has 1 aromatic heterocycles. The molecule has 2 rings (SSSR count). The largest absolute Gasteiger partial charge is 0.494 e. The number of H-pyrrole nitrogens is 1. The summed E-state index contributed by atoms with van der Waals surface area (Å²) in [4.78, 5) is 13.9. The van der Waals surface area contributed by atoms with Crippen LogP contribution in [0.1, 0.15) is 10.4 Å². The van der Waals surface area contributed by atoms with Gasteiger partial charge >= 0.3 is 0 Å². The highest BCUT2D eigenvalue weighted by Gasteiger charge is 2.18. The van der Waals surface area contributed by atoms with Crippen LogP contribution in [-0.2, 0) is 0 Å². The predicted molar refractivity (Wildman–Crippen MR) is 61.6 cm³/mol. The monoisotopic (exact) mass is 236 g/mol. The second kappa shape index (κ2) is 3.89. The normalized spacial score (nSPS) is 10.5. The minimum absolute atomic E-state index is 0.0425. The Morgan fingerprint density at radius 1 is 1.29 bits per heavy atom. The molecule has 1 heterocycles. The first-order valence-corrected chi connectivity index (χ1v) is 4.85. The number of fused-ring (bicyclic) bond motifs is 1. The molecule has 17 heavy (non-hydrogen) atoms. The first-order chi connectivity index (χ1) is 8.08. The molecule has 0 bridgehead atoms.